The van der Waals surface area contributed by atoms with E-state index in [2.05, 4.69) is 11.6 Å². The largest absolute Gasteiger partial charge is 0.386 e. The fraction of sp³-hybridized carbons (Fsp3) is 0.391. The first-order chi connectivity index (χ1) is 12.9. The summed E-state index contributed by atoms with van der Waals surface area (Å²) in [5.74, 6) is 0.0146. The molecule has 1 amide bonds. The molecule has 0 aliphatic heterocycles. The van der Waals surface area contributed by atoms with Gasteiger partial charge in [0.1, 0.15) is 0 Å². The Morgan fingerprint density at radius 3 is 2.52 bits per heavy atom. The Balaban J connectivity index is 2.12. The highest BCUT2D eigenvalue weighted by molar-refractivity contribution is 5.82. The Hall–Kier alpha value is -2.46. The molecule has 3 atom stereocenters. The maximum absolute atomic E-state index is 13.3. The van der Waals surface area contributed by atoms with Crippen molar-refractivity contribution in [2.75, 3.05) is 7.05 Å². The molecule has 0 radical (unpaired) electrons. The Kier molecular flexibility index (Phi) is 7.31. The van der Waals surface area contributed by atoms with E-state index in [4.69, 9.17) is 0 Å². The van der Waals surface area contributed by atoms with Gasteiger partial charge >= 0.3 is 0 Å². The van der Waals surface area contributed by atoms with E-state index in [1.54, 1.807) is 24.2 Å². The molecule has 1 aromatic heterocycles. The molecule has 0 saturated heterocycles. The molecule has 144 valence electrons. The number of aromatic nitrogens is 1. The number of carbonyl (C=O) groups is 1. The van der Waals surface area contributed by atoms with Gasteiger partial charge in [-0.1, -0.05) is 49.4 Å². The summed E-state index contributed by atoms with van der Waals surface area (Å²) in [6.45, 7) is 7.68. The van der Waals surface area contributed by atoms with Crippen LogP contribution in [-0.2, 0) is 11.2 Å². The molecule has 2 aromatic rings. The third-order valence-electron chi connectivity index (χ3n) is 5.30. The number of likely N-dealkylation sites (N-methyl/N-ethyl adjacent to an activating group) is 1. The minimum absolute atomic E-state index is 0.0146. The van der Waals surface area contributed by atoms with Crippen molar-refractivity contribution in [1.82, 2.24) is 9.88 Å². The molecule has 0 aliphatic rings. The summed E-state index contributed by atoms with van der Waals surface area (Å²) in [7, 11) is 1.77. The van der Waals surface area contributed by atoms with Crippen LogP contribution in [0.2, 0.25) is 0 Å². The van der Waals surface area contributed by atoms with Gasteiger partial charge in [-0.05, 0) is 43.9 Å². The Morgan fingerprint density at radius 1 is 1.26 bits per heavy atom. The van der Waals surface area contributed by atoms with Gasteiger partial charge in [0.05, 0.1) is 17.6 Å². The third-order valence-corrected chi connectivity index (χ3v) is 5.30. The van der Waals surface area contributed by atoms with E-state index < -0.39 is 11.5 Å². The van der Waals surface area contributed by atoms with Crippen molar-refractivity contribution in [3.8, 4) is 0 Å². The second-order valence-corrected chi connectivity index (χ2v) is 7.39. The zero-order chi connectivity index (χ0) is 19.9. The minimum atomic E-state index is -0.732. The van der Waals surface area contributed by atoms with E-state index in [0.29, 0.717) is 12.8 Å². The van der Waals surface area contributed by atoms with Crippen molar-refractivity contribution >= 4 is 5.91 Å². The molecule has 1 aromatic carbocycles. The number of aliphatic hydroxyl groups is 1. The van der Waals surface area contributed by atoms with Crippen molar-refractivity contribution in [3.63, 3.8) is 0 Å². The lowest BCUT2D eigenvalue weighted by molar-refractivity contribution is -0.144. The Morgan fingerprint density at radius 2 is 1.93 bits per heavy atom. The van der Waals surface area contributed by atoms with Gasteiger partial charge in [0.25, 0.3) is 0 Å². The van der Waals surface area contributed by atoms with Gasteiger partial charge < -0.3 is 10.0 Å². The van der Waals surface area contributed by atoms with E-state index in [1.807, 2.05) is 62.4 Å². The lowest BCUT2D eigenvalue weighted by Gasteiger charge is -2.37. The molecule has 0 saturated carbocycles. The minimum Gasteiger partial charge on any atom is -0.386 e. The van der Waals surface area contributed by atoms with Crippen LogP contribution in [0.5, 0.6) is 0 Å². The number of nitrogens with zero attached hydrogens (tertiary/aromatic N) is 2. The molecule has 4 heteroatoms. The number of amides is 1. The van der Waals surface area contributed by atoms with Crippen LogP contribution in [0.25, 0.3) is 0 Å². The van der Waals surface area contributed by atoms with Crippen LogP contribution < -0.4 is 0 Å². The fourth-order valence-electron chi connectivity index (χ4n) is 3.32. The lowest BCUT2D eigenvalue weighted by Crippen LogP contribution is -2.46. The number of pyridine rings is 1. The highest BCUT2D eigenvalue weighted by atomic mass is 16.3. The maximum atomic E-state index is 13.3. The summed E-state index contributed by atoms with van der Waals surface area (Å²) >= 11 is 0. The first-order valence-corrected chi connectivity index (χ1v) is 9.40. The van der Waals surface area contributed by atoms with E-state index in [9.17, 15) is 9.90 Å². The summed E-state index contributed by atoms with van der Waals surface area (Å²) in [4.78, 5) is 19.3. The second-order valence-electron chi connectivity index (χ2n) is 7.39. The maximum Gasteiger partial charge on any atom is 0.228 e. The van der Waals surface area contributed by atoms with Crippen LogP contribution in [0, 0.1) is 5.41 Å². The first kappa shape index (κ1) is 20.8. The molecule has 0 aliphatic carbocycles. The van der Waals surface area contributed by atoms with Crippen molar-refractivity contribution in [3.05, 3.63) is 78.6 Å². The molecule has 1 N–H and O–H groups in total. The van der Waals surface area contributed by atoms with Crippen LogP contribution in [0.1, 0.15) is 44.1 Å². The Labute approximate surface area is 162 Å². The zero-order valence-corrected chi connectivity index (χ0v) is 16.5. The summed E-state index contributed by atoms with van der Waals surface area (Å²) in [5.41, 5.74) is 1.20. The van der Waals surface area contributed by atoms with Crippen LogP contribution in [-0.4, -0.2) is 34.0 Å². The average Bonchev–Trinajstić information content (AvgIpc) is 2.71. The molecule has 0 fully saturated rings. The number of aryl methyl sites for hydroxylation is 1. The lowest BCUT2D eigenvalue weighted by atomic mass is 9.79. The monoisotopic (exact) mass is 366 g/mol. The van der Waals surface area contributed by atoms with E-state index in [0.717, 1.165) is 17.7 Å². The normalized spacial score (nSPS) is 15.4. The highest BCUT2D eigenvalue weighted by Crippen LogP contribution is 2.32. The first-order valence-electron chi connectivity index (χ1n) is 9.40. The average molecular weight is 367 g/mol. The van der Waals surface area contributed by atoms with Gasteiger partial charge in [-0.15, -0.1) is 6.58 Å². The van der Waals surface area contributed by atoms with Crippen LogP contribution in [0.15, 0.2) is 67.4 Å². The number of allylic oxidation sites excluding steroid dienone is 1. The van der Waals surface area contributed by atoms with E-state index in [-0.39, 0.29) is 11.9 Å². The van der Waals surface area contributed by atoms with E-state index >= 15 is 0 Å². The van der Waals surface area contributed by atoms with Gasteiger partial charge in [0.15, 0.2) is 0 Å². The number of hydrogen-bond donors (Lipinski definition) is 1. The SMILES string of the molecule is C=CC[C@@](C)(CCc1ccccn1)C(=O)N(C)[C@@H](C)[C@@H](O)c1ccccc1. The summed E-state index contributed by atoms with van der Waals surface area (Å²) in [6.07, 6.45) is 4.81. The third kappa shape index (κ3) is 5.27. The van der Waals surface area contributed by atoms with Crippen LogP contribution >= 0.6 is 0 Å². The molecule has 2 rings (SSSR count). The van der Waals surface area contributed by atoms with Crippen molar-refractivity contribution in [1.29, 1.82) is 0 Å². The second kappa shape index (κ2) is 9.47. The number of hydrogen-bond acceptors (Lipinski definition) is 3. The Bertz CT molecular complexity index is 733. The number of benzene rings is 1. The molecule has 0 unspecified atom stereocenters. The van der Waals surface area contributed by atoms with Gasteiger partial charge in [-0.2, -0.15) is 0 Å². The summed E-state index contributed by atoms with van der Waals surface area (Å²) in [6, 6.07) is 14.9. The van der Waals surface area contributed by atoms with Crippen molar-refractivity contribution in [2.45, 2.75) is 45.3 Å². The smallest absolute Gasteiger partial charge is 0.228 e. The van der Waals surface area contributed by atoms with Gasteiger partial charge in [-0.25, -0.2) is 0 Å². The topological polar surface area (TPSA) is 53.4 Å². The molecule has 1 heterocycles. The zero-order valence-electron chi connectivity index (χ0n) is 16.5. The number of carbonyl (C=O) groups excluding carboxylic acids is 1. The van der Waals surface area contributed by atoms with Crippen LogP contribution in [0.4, 0.5) is 0 Å². The molecule has 0 bridgehead atoms. The molecular weight excluding hydrogens is 336 g/mol. The van der Waals surface area contributed by atoms with Crippen LogP contribution in [0.3, 0.4) is 0 Å². The number of aliphatic hydroxyl groups excluding tert-OH is 1. The highest BCUT2D eigenvalue weighted by Gasteiger charge is 2.37. The number of rotatable bonds is 9. The van der Waals surface area contributed by atoms with Gasteiger partial charge in [0.2, 0.25) is 5.91 Å². The van der Waals surface area contributed by atoms with Crippen molar-refractivity contribution < 1.29 is 9.90 Å². The van der Waals surface area contributed by atoms with E-state index in [1.165, 1.54) is 0 Å². The standard InChI is InChI=1S/C23H30N2O2/c1-5-15-23(3,16-14-20-13-9-10-17-24-20)22(27)25(4)18(2)21(26)19-11-7-6-8-12-19/h5-13,17-18,21,26H,1,14-16H2,2-4H3/t18-,21+,23-/m0/s1. The summed E-state index contributed by atoms with van der Waals surface area (Å²) in [5, 5.41) is 10.7. The molecular formula is C23H30N2O2. The predicted octanol–water partition coefficient (Wildman–Crippen LogP) is 4.18. The quantitative estimate of drug-likeness (QED) is 0.678. The van der Waals surface area contributed by atoms with Gasteiger partial charge in [0, 0.05) is 18.9 Å². The van der Waals surface area contributed by atoms with Crippen molar-refractivity contribution in [2.24, 2.45) is 5.41 Å². The predicted molar refractivity (Wildman–Crippen MR) is 109 cm³/mol. The molecule has 27 heavy (non-hydrogen) atoms. The summed E-state index contributed by atoms with van der Waals surface area (Å²) < 4.78 is 0. The molecule has 0 spiro atoms. The molecule has 4 nitrogen and oxygen atoms in total. The van der Waals surface area contributed by atoms with Gasteiger partial charge in [-0.3, -0.25) is 9.78 Å². The fourth-order valence-corrected chi connectivity index (χ4v) is 3.32.